The zero-order valence-corrected chi connectivity index (χ0v) is 65.5. The molecule has 24 nitrogen and oxygen atoms in total. The molecule has 588 valence electrons. The van der Waals surface area contributed by atoms with Crippen molar-refractivity contribution >= 4 is 27.5 Å². The minimum atomic E-state index is -6.10. The Morgan fingerprint density at radius 2 is 0.641 bits per heavy atom. The highest BCUT2D eigenvalue weighted by molar-refractivity contribution is 7.59. The van der Waals surface area contributed by atoms with Crippen LogP contribution >= 0.6 is 15.6 Å². The van der Waals surface area contributed by atoms with Gasteiger partial charge in [0.15, 0.2) is 18.9 Å². The predicted octanol–water partition coefficient (Wildman–Crippen LogP) is 10.9. The van der Waals surface area contributed by atoms with Gasteiger partial charge in [-0.3, -0.25) is 23.2 Å². The van der Waals surface area contributed by atoms with Crippen molar-refractivity contribution in [3.8, 4) is 0 Å². The van der Waals surface area contributed by atoms with Gasteiger partial charge in [-0.25, -0.2) is 4.31 Å². The lowest BCUT2D eigenvalue weighted by atomic mass is 9.94. The fourth-order valence-electron chi connectivity index (χ4n) is 12.0. The lowest BCUT2D eigenvalue weighted by molar-refractivity contribution is -0.357. The van der Waals surface area contributed by atoms with Crippen molar-refractivity contribution in [1.29, 1.82) is 0 Å². The van der Waals surface area contributed by atoms with E-state index in [-0.39, 0.29) is 0 Å². The molecule has 0 saturated carbocycles. The molecule has 0 radical (unpaired) electrons. The first-order valence-corrected chi connectivity index (χ1v) is 39.4. The second-order valence-electron chi connectivity index (χ2n) is 28.3. The van der Waals surface area contributed by atoms with E-state index in [0.717, 1.165) is 135 Å². The highest BCUT2D eigenvalue weighted by Crippen LogP contribution is 2.57. The van der Waals surface area contributed by atoms with Crippen molar-refractivity contribution < 1.29 is 106 Å². The predicted molar refractivity (Wildman–Crippen MR) is 395 cm³/mol. The Morgan fingerprint density at radius 1 is 0.369 bits per heavy atom. The lowest BCUT2D eigenvalue weighted by Gasteiger charge is -2.50. The fourth-order valence-corrected chi connectivity index (χ4v) is 14.0. The first-order valence-electron chi connectivity index (χ1n) is 36.5. The molecule has 3 fully saturated rings. The van der Waals surface area contributed by atoms with Crippen LogP contribution in [0.2, 0.25) is 0 Å². The molecule has 0 aromatic carbocycles. The summed E-state index contributed by atoms with van der Waals surface area (Å²) in [5, 5.41) is 89.1. The number of aliphatic hydroxyl groups excluding tert-OH is 8. The molecular formula is C77H126N2O22P2-2. The summed E-state index contributed by atoms with van der Waals surface area (Å²) in [6.07, 6.45) is 20.6. The number of nitrogens with one attached hydrogen (secondary N) is 2. The number of phosphoric acid groups is 2. The maximum atomic E-state index is 13.3. The Balaban J connectivity index is 1.41. The summed E-state index contributed by atoms with van der Waals surface area (Å²) in [6.45, 7) is 24.5. The Labute approximate surface area is 613 Å². The molecule has 0 spiro atoms. The third-order valence-electron chi connectivity index (χ3n) is 18.3. The second kappa shape index (κ2) is 49.0. The van der Waals surface area contributed by atoms with E-state index in [9.17, 15) is 69.4 Å². The normalized spacial score (nSPS) is 28.3. The van der Waals surface area contributed by atoms with Crippen LogP contribution in [-0.4, -0.2) is 171 Å². The van der Waals surface area contributed by atoms with E-state index in [2.05, 4.69) is 145 Å². The van der Waals surface area contributed by atoms with Gasteiger partial charge in [-0.1, -0.05) is 128 Å². The summed E-state index contributed by atoms with van der Waals surface area (Å²) >= 11 is 0. The van der Waals surface area contributed by atoms with Crippen LogP contribution < -0.4 is 20.4 Å². The van der Waals surface area contributed by atoms with Crippen LogP contribution in [0.15, 0.2) is 128 Å². The van der Waals surface area contributed by atoms with E-state index in [4.69, 9.17) is 32.7 Å². The SMILES string of the molecule is CC(=O)N[C@H]1[C@@H](O[C@H]2[C@@H](O)[C@@H](CO)O[C@H](OP(=O)([O-])OP(=O)([O-])OC/C=C(/C)CC/C=C(/C)CC/C=C(/C)CC/C=C(/C)CC/C=C(/C)CC/C=C(/C)CC/C=C(/C)CC/C=C(/C)CC/C=C(\C)CC/C=C(\C)CCC=C(C)C)[C@@H]2NC(C)=O)O[C@H](CO)[C@H](O)[C@@H]1O[C@@H]1O[C@H](CO)[C@H](O)[C@H](O)[C@H]1O. The van der Waals surface area contributed by atoms with Gasteiger partial charge in [0.2, 0.25) is 11.8 Å². The highest BCUT2D eigenvalue weighted by Gasteiger charge is 2.55. The average molecular weight is 1490 g/mol. The molecule has 0 aliphatic carbocycles. The summed E-state index contributed by atoms with van der Waals surface area (Å²) in [7, 11) is -11.8. The van der Waals surface area contributed by atoms with Crippen molar-refractivity contribution in [1.82, 2.24) is 10.6 Å². The number of amides is 2. The smallest absolute Gasteiger partial charge is 0.276 e. The zero-order chi connectivity index (χ0) is 77.0. The maximum Gasteiger partial charge on any atom is 0.276 e. The Hall–Kier alpha value is -4.18. The van der Waals surface area contributed by atoms with Gasteiger partial charge in [-0.05, 0) is 212 Å². The third kappa shape index (κ3) is 37.0. The van der Waals surface area contributed by atoms with Crippen LogP contribution in [0.3, 0.4) is 0 Å². The molecule has 0 aromatic rings. The maximum absolute atomic E-state index is 13.3. The van der Waals surface area contributed by atoms with Gasteiger partial charge in [0.1, 0.15) is 73.1 Å². The molecule has 3 aliphatic heterocycles. The van der Waals surface area contributed by atoms with Gasteiger partial charge >= 0.3 is 0 Å². The van der Waals surface area contributed by atoms with Gasteiger partial charge in [-0.2, -0.15) is 0 Å². The summed E-state index contributed by atoms with van der Waals surface area (Å²) in [5.74, 6) is -1.76. The average Bonchev–Trinajstić information content (AvgIpc) is 0.770. The molecule has 10 N–H and O–H groups in total. The highest BCUT2D eigenvalue weighted by atomic mass is 31.3. The number of rotatable bonds is 46. The molecule has 3 rings (SSSR count). The van der Waals surface area contributed by atoms with E-state index in [1.54, 1.807) is 6.92 Å². The Kier molecular flexibility index (Phi) is 44.2. The van der Waals surface area contributed by atoms with Crippen molar-refractivity contribution in [2.45, 2.75) is 317 Å². The summed E-state index contributed by atoms with van der Waals surface area (Å²) in [6, 6.07) is -3.69. The number of phosphoric ester groups is 2. The number of carbonyl (C=O) groups is 2. The van der Waals surface area contributed by atoms with E-state index in [1.807, 2.05) is 6.92 Å². The van der Waals surface area contributed by atoms with Gasteiger partial charge in [-0.15, -0.1) is 0 Å². The molecule has 3 heterocycles. The minimum absolute atomic E-state index is 0.531. The van der Waals surface area contributed by atoms with E-state index < -0.39 is 146 Å². The summed E-state index contributed by atoms with van der Waals surface area (Å²) in [5.41, 5.74) is 14.9. The van der Waals surface area contributed by atoms with Gasteiger partial charge in [0.25, 0.3) is 15.6 Å². The molecule has 17 atom stereocenters. The van der Waals surface area contributed by atoms with Gasteiger partial charge in [0.05, 0.1) is 26.4 Å². The molecule has 2 unspecified atom stereocenters. The molecule has 0 bridgehead atoms. The minimum Gasteiger partial charge on any atom is -0.756 e. The number of allylic oxidation sites excluding steroid dienone is 21. The van der Waals surface area contributed by atoms with Crippen LogP contribution in [0.5, 0.6) is 0 Å². The van der Waals surface area contributed by atoms with Gasteiger partial charge < -0.3 is 89.5 Å². The van der Waals surface area contributed by atoms with Gasteiger partial charge in [0, 0.05) is 13.8 Å². The number of ether oxygens (including phenoxy) is 5. The van der Waals surface area contributed by atoms with Crippen molar-refractivity contribution in [3.05, 3.63) is 128 Å². The van der Waals surface area contributed by atoms with Crippen LogP contribution in [0, 0.1) is 0 Å². The molecular weight excluding hydrogens is 1370 g/mol. The standard InChI is InChI=1S/C77H128N2O22P2/c1-50(2)25-15-26-51(3)27-16-28-52(4)29-17-30-53(5)31-18-32-54(6)33-19-34-55(7)35-20-36-56(8)37-21-38-57(9)39-22-40-58(10)41-23-42-59(11)43-24-44-60(12)45-46-94-102(90,91)101-103(92,93)100-76-67(79-62(14)84)74(70(87)65(49-82)96-76)98-75-66(78-61(13)83)73(69(86)64(48-81)95-75)99-77-72(89)71(88)68(85)63(47-80)97-77/h25,27,29,31,33,35,37,39,41,43,45,63-77,80-82,85-89H,15-24,26,28,30,32,34,36,38,40,42,44,46-49H2,1-14H3,(H,78,83)(H,79,84)(H,90,91)(H,92,93)/p-2/b51-27+,52-29+,53-31-,54-33-,55-35-,56-37-,57-39-,58-41-,59-43-,60-45-/t63-,64-,65-,66-,67-,68+,69+,70+,71+,72-,73-,74-,75-,76-,77+/m1/s1. The van der Waals surface area contributed by atoms with E-state index >= 15 is 0 Å². The Morgan fingerprint density at radius 3 is 0.951 bits per heavy atom. The molecule has 103 heavy (non-hydrogen) atoms. The molecule has 26 heteroatoms. The molecule has 3 saturated heterocycles. The zero-order valence-electron chi connectivity index (χ0n) is 63.7. The monoisotopic (exact) mass is 1490 g/mol. The number of hydrogen-bond donors (Lipinski definition) is 10. The van der Waals surface area contributed by atoms with Crippen molar-refractivity contribution in [3.63, 3.8) is 0 Å². The fraction of sp³-hybridized carbons (Fsp3) is 0.688. The Bertz CT molecular complexity index is 3050. The topological polar surface area (TPSA) is 374 Å². The first kappa shape index (κ1) is 93.0. The van der Waals surface area contributed by atoms with E-state index in [1.165, 1.54) is 61.8 Å². The molecule has 0 aromatic heterocycles. The quantitative estimate of drug-likeness (QED) is 0.0200. The lowest BCUT2D eigenvalue weighted by Crippen LogP contribution is -2.71. The second-order valence-corrected chi connectivity index (χ2v) is 31.2. The van der Waals surface area contributed by atoms with Crippen LogP contribution in [0.25, 0.3) is 0 Å². The van der Waals surface area contributed by atoms with Crippen LogP contribution in [-0.2, 0) is 55.8 Å². The number of hydrogen-bond acceptors (Lipinski definition) is 22. The van der Waals surface area contributed by atoms with Crippen LogP contribution in [0.1, 0.15) is 225 Å². The number of aliphatic hydroxyl groups is 8. The van der Waals surface area contributed by atoms with Crippen LogP contribution in [0.4, 0.5) is 0 Å². The number of carbonyl (C=O) groups excluding carboxylic acids is 2. The van der Waals surface area contributed by atoms with E-state index in [0.29, 0.717) is 12.8 Å². The summed E-state index contributed by atoms with van der Waals surface area (Å²) < 4.78 is 69.0. The molecule has 3 aliphatic rings. The van der Waals surface area contributed by atoms with Crippen molar-refractivity contribution in [2.24, 2.45) is 0 Å². The van der Waals surface area contributed by atoms with Crippen molar-refractivity contribution in [2.75, 3.05) is 26.4 Å². The largest absolute Gasteiger partial charge is 0.756 e. The summed E-state index contributed by atoms with van der Waals surface area (Å²) in [4.78, 5) is 51.5. The third-order valence-corrected chi connectivity index (χ3v) is 20.9. The first-order chi connectivity index (χ1) is 48.6. The molecule has 2 amide bonds.